The van der Waals surface area contributed by atoms with Crippen molar-refractivity contribution in [2.45, 2.75) is 17.4 Å². The first kappa shape index (κ1) is 18.7. The van der Waals surface area contributed by atoms with Gasteiger partial charge in [0.05, 0.1) is 28.1 Å². The molecule has 1 aliphatic heterocycles. The molecule has 0 radical (unpaired) electrons. The maximum Gasteiger partial charge on any atom is 0.263 e. The van der Waals surface area contributed by atoms with Crippen LogP contribution in [0, 0.1) is 0 Å². The lowest BCUT2D eigenvalue weighted by Crippen LogP contribution is -2.19. The highest BCUT2D eigenvalue weighted by atomic mass is 32.2. The van der Waals surface area contributed by atoms with Gasteiger partial charge in [0.25, 0.3) is 10.0 Å². The van der Waals surface area contributed by atoms with E-state index in [9.17, 15) is 16.8 Å². The van der Waals surface area contributed by atoms with Crippen LogP contribution in [0.3, 0.4) is 0 Å². The molecule has 1 aromatic heterocycles. The van der Waals surface area contributed by atoms with Crippen LogP contribution in [-0.2, 0) is 19.9 Å². The third kappa shape index (κ3) is 3.81. The minimum absolute atomic E-state index is 0.0526. The normalized spacial score (nSPS) is 18.8. The summed E-state index contributed by atoms with van der Waals surface area (Å²) in [6, 6.07) is 18.6. The van der Waals surface area contributed by atoms with Crippen LogP contribution in [-0.4, -0.2) is 38.1 Å². The van der Waals surface area contributed by atoms with Crippen molar-refractivity contribution in [2.24, 2.45) is 0 Å². The van der Waals surface area contributed by atoms with Crippen molar-refractivity contribution in [3.63, 3.8) is 0 Å². The molecule has 0 bridgehead atoms. The Balaban J connectivity index is 1.76. The van der Waals surface area contributed by atoms with Crippen molar-refractivity contribution < 1.29 is 16.8 Å². The van der Waals surface area contributed by atoms with Gasteiger partial charge in [0.1, 0.15) is 5.82 Å². The summed E-state index contributed by atoms with van der Waals surface area (Å²) in [6.45, 7) is 0. The number of aromatic nitrogens is 2. The van der Waals surface area contributed by atoms with E-state index in [1.165, 1.54) is 16.8 Å². The van der Waals surface area contributed by atoms with Gasteiger partial charge in [0, 0.05) is 11.6 Å². The number of nitrogens with one attached hydrogen (secondary N) is 1. The highest BCUT2D eigenvalue weighted by Gasteiger charge is 2.32. The first-order chi connectivity index (χ1) is 13.3. The van der Waals surface area contributed by atoms with Gasteiger partial charge < -0.3 is 0 Å². The molecule has 2 heterocycles. The monoisotopic (exact) mass is 417 g/mol. The molecule has 1 fully saturated rings. The van der Waals surface area contributed by atoms with Gasteiger partial charge in [-0.3, -0.25) is 4.72 Å². The van der Waals surface area contributed by atoms with E-state index in [-0.39, 0.29) is 22.2 Å². The summed E-state index contributed by atoms with van der Waals surface area (Å²) in [4.78, 5) is 0.128. The maximum atomic E-state index is 12.8. The summed E-state index contributed by atoms with van der Waals surface area (Å²) in [5.41, 5.74) is 1.40. The average molecular weight is 418 g/mol. The lowest BCUT2D eigenvalue weighted by atomic mass is 10.2. The van der Waals surface area contributed by atoms with Crippen molar-refractivity contribution >= 4 is 25.7 Å². The molecule has 0 amide bonds. The van der Waals surface area contributed by atoms with Crippen molar-refractivity contribution in [1.29, 1.82) is 0 Å². The fraction of sp³-hybridized carbons (Fsp3) is 0.211. The molecule has 2 aromatic carbocycles. The molecule has 0 aliphatic carbocycles. The highest BCUT2D eigenvalue weighted by molar-refractivity contribution is 7.92. The Labute approximate surface area is 164 Å². The van der Waals surface area contributed by atoms with Crippen molar-refractivity contribution in [2.75, 3.05) is 16.2 Å². The summed E-state index contributed by atoms with van der Waals surface area (Å²) < 4.78 is 53.5. The molecule has 1 atom stereocenters. The molecule has 9 heteroatoms. The van der Waals surface area contributed by atoms with E-state index in [0.29, 0.717) is 12.1 Å². The lowest BCUT2D eigenvalue weighted by molar-refractivity contribution is 0.507. The predicted octanol–water partition coefficient (Wildman–Crippen LogP) is 2.71. The molecule has 1 saturated heterocycles. The zero-order valence-electron chi connectivity index (χ0n) is 14.9. The van der Waals surface area contributed by atoms with Gasteiger partial charge in [-0.15, -0.1) is 0 Å². The second kappa shape index (κ2) is 7.06. The number of sulfone groups is 1. The van der Waals surface area contributed by atoms with Crippen LogP contribution in [0.4, 0.5) is 5.82 Å². The molecule has 0 spiro atoms. The van der Waals surface area contributed by atoms with Gasteiger partial charge in [-0.25, -0.2) is 21.5 Å². The average Bonchev–Trinajstić information content (AvgIpc) is 3.25. The highest BCUT2D eigenvalue weighted by Crippen LogP contribution is 2.31. The van der Waals surface area contributed by atoms with Gasteiger partial charge in [0.15, 0.2) is 9.84 Å². The molecular formula is C19H19N3O4S2. The minimum Gasteiger partial charge on any atom is -0.264 e. The van der Waals surface area contributed by atoms with Gasteiger partial charge in [-0.2, -0.15) is 5.10 Å². The molecule has 1 aliphatic rings. The molecule has 4 rings (SSSR count). The van der Waals surface area contributed by atoms with E-state index in [1.54, 1.807) is 24.3 Å². The van der Waals surface area contributed by atoms with Crippen LogP contribution < -0.4 is 4.72 Å². The molecule has 1 N–H and O–H groups in total. The first-order valence-corrected chi connectivity index (χ1v) is 12.1. The number of hydrogen-bond donors (Lipinski definition) is 1. The van der Waals surface area contributed by atoms with Gasteiger partial charge in [-0.1, -0.05) is 48.5 Å². The predicted molar refractivity (Wildman–Crippen MR) is 107 cm³/mol. The number of anilines is 1. The smallest absolute Gasteiger partial charge is 0.263 e. The second-order valence-electron chi connectivity index (χ2n) is 6.70. The maximum absolute atomic E-state index is 12.8. The fourth-order valence-corrected chi connectivity index (χ4v) is 6.02. The Morgan fingerprint density at radius 1 is 1.00 bits per heavy atom. The molecule has 146 valence electrons. The van der Waals surface area contributed by atoms with Crippen LogP contribution in [0.25, 0.3) is 11.3 Å². The van der Waals surface area contributed by atoms with E-state index < -0.39 is 25.9 Å². The van der Waals surface area contributed by atoms with E-state index in [2.05, 4.69) is 9.82 Å². The minimum atomic E-state index is -3.82. The molecule has 28 heavy (non-hydrogen) atoms. The second-order valence-corrected chi connectivity index (χ2v) is 10.6. The molecule has 0 saturated carbocycles. The number of rotatable bonds is 5. The van der Waals surface area contributed by atoms with Crippen molar-refractivity contribution in [3.8, 4) is 11.3 Å². The number of benzene rings is 2. The molecular weight excluding hydrogens is 398 g/mol. The van der Waals surface area contributed by atoms with E-state index >= 15 is 0 Å². The standard InChI is InChI=1S/C19H19N3O4S2/c23-27(24)12-11-16(14-27)22-19(13-18(20-22)15-7-3-1-4-8-15)21-28(25,26)17-9-5-2-6-10-17/h1-10,13,16,21H,11-12,14H2/t16-/m1/s1. The topological polar surface area (TPSA) is 98.1 Å². The summed E-state index contributed by atoms with van der Waals surface area (Å²) in [5.74, 6) is 0.274. The molecule has 3 aromatic rings. The Morgan fingerprint density at radius 3 is 2.25 bits per heavy atom. The van der Waals surface area contributed by atoms with E-state index in [0.717, 1.165) is 5.56 Å². The van der Waals surface area contributed by atoms with E-state index in [4.69, 9.17) is 0 Å². The van der Waals surface area contributed by atoms with E-state index in [1.807, 2.05) is 30.3 Å². The number of hydrogen-bond acceptors (Lipinski definition) is 5. The zero-order chi connectivity index (χ0) is 19.8. The van der Waals surface area contributed by atoms with Gasteiger partial charge >= 0.3 is 0 Å². The Bertz CT molecular complexity index is 1190. The number of nitrogens with zero attached hydrogens (tertiary/aromatic N) is 2. The van der Waals surface area contributed by atoms with Crippen molar-refractivity contribution in [1.82, 2.24) is 9.78 Å². The Hall–Kier alpha value is -2.65. The van der Waals surface area contributed by atoms with Crippen molar-refractivity contribution in [3.05, 3.63) is 66.7 Å². The first-order valence-electron chi connectivity index (χ1n) is 8.77. The number of sulfonamides is 1. The third-order valence-electron chi connectivity index (χ3n) is 4.65. The van der Waals surface area contributed by atoms with Crippen LogP contribution >= 0.6 is 0 Å². The van der Waals surface area contributed by atoms with Crippen LogP contribution in [0.5, 0.6) is 0 Å². The summed E-state index contributed by atoms with van der Waals surface area (Å²) >= 11 is 0. The van der Waals surface area contributed by atoms with Crippen LogP contribution in [0.1, 0.15) is 12.5 Å². The Kier molecular flexibility index (Phi) is 4.72. The van der Waals surface area contributed by atoms with Crippen LogP contribution in [0.2, 0.25) is 0 Å². The fourth-order valence-electron chi connectivity index (χ4n) is 3.26. The van der Waals surface area contributed by atoms with Gasteiger partial charge in [0.2, 0.25) is 0 Å². The summed E-state index contributed by atoms with van der Waals surface area (Å²) in [7, 11) is -6.97. The largest absolute Gasteiger partial charge is 0.264 e. The lowest BCUT2D eigenvalue weighted by Gasteiger charge is -2.14. The third-order valence-corrected chi connectivity index (χ3v) is 7.77. The van der Waals surface area contributed by atoms with Crippen LogP contribution in [0.15, 0.2) is 71.6 Å². The zero-order valence-corrected chi connectivity index (χ0v) is 16.5. The quantitative estimate of drug-likeness (QED) is 0.688. The van der Waals surface area contributed by atoms with Gasteiger partial charge in [-0.05, 0) is 18.6 Å². The summed E-state index contributed by atoms with van der Waals surface area (Å²) in [6.07, 6.45) is 0.401. The Morgan fingerprint density at radius 2 is 1.64 bits per heavy atom. The SMILES string of the molecule is O=S1(=O)CC[C@@H](n2nc(-c3ccccc3)cc2NS(=O)(=O)c2ccccc2)C1. The summed E-state index contributed by atoms with van der Waals surface area (Å²) in [5, 5.41) is 4.53. The molecule has 0 unspecified atom stereocenters. The molecule has 7 nitrogen and oxygen atoms in total.